The number of likely N-dealkylation sites (N-methyl/N-ethyl adjacent to an activating group) is 1. The summed E-state index contributed by atoms with van der Waals surface area (Å²) in [7, 11) is 4.53. The number of hydrogen-bond donors (Lipinski definition) is 1. The molecule has 1 unspecified atom stereocenters. The maximum atomic E-state index is 5.28. The van der Waals surface area contributed by atoms with Crippen molar-refractivity contribution in [2.24, 2.45) is 0 Å². The van der Waals surface area contributed by atoms with Crippen molar-refractivity contribution in [2.75, 3.05) is 59.4 Å². The highest BCUT2D eigenvalue weighted by Crippen LogP contribution is 1.83. The Morgan fingerprint density at radius 2 is 1.36 bits per heavy atom. The first-order chi connectivity index (χ1) is 6.91. The van der Waals surface area contributed by atoms with E-state index in [0.29, 0.717) is 26.4 Å². The molecular formula is C9H22NO3P. The van der Waals surface area contributed by atoms with Gasteiger partial charge in [-0.15, -0.1) is 9.24 Å². The van der Waals surface area contributed by atoms with Gasteiger partial charge in [-0.05, 0) is 13.2 Å². The predicted molar refractivity (Wildman–Crippen MR) is 61.0 cm³/mol. The molecule has 1 atom stereocenters. The van der Waals surface area contributed by atoms with Gasteiger partial charge < -0.3 is 19.5 Å². The molecular weight excluding hydrogens is 201 g/mol. The molecule has 0 saturated heterocycles. The normalized spacial score (nSPS) is 10.7. The molecule has 1 N–H and O–H groups in total. The lowest BCUT2D eigenvalue weighted by atomic mass is 10.6. The van der Waals surface area contributed by atoms with Gasteiger partial charge in [0.25, 0.3) is 0 Å². The SMILES string of the molecule is CNCCOCCOCCOCCP. The number of ether oxygens (including phenoxy) is 3. The van der Waals surface area contributed by atoms with E-state index >= 15 is 0 Å². The fraction of sp³-hybridized carbons (Fsp3) is 1.00. The Morgan fingerprint density at radius 3 is 1.86 bits per heavy atom. The summed E-state index contributed by atoms with van der Waals surface area (Å²) >= 11 is 0. The van der Waals surface area contributed by atoms with Crippen LogP contribution in [0, 0.1) is 0 Å². The Labute approximate surface area is 88.9 Å². The summed E-state index contributed by atoms with van der Waals surface area (Å²) in [5.74, 6) is 0. The van der Waals surface area contributed by atoms with Gasteiger partial charge in [-0.2, -0.15) is 0 Å². The van der Waals surface area contributed by atoms with Crippen LogP contribution in [-0.2, 0) is 14.2 Å². The van der Waals surface area contributed by atoms with E-state index in [1.807, 2.05) is 7.05 Å². The van der Waals surface area contributed by atoms with Crippen LogP contribution >= 0.6 is 9.24 Å². The van der Waals surface area contributed by atoms with Crippen molar-refractivity contribution < 1.29 is 14.2 Å². The van der Waals surface area contributed by atoms with E-state index in [-0.39, 0.29) is 0 Å². The standard InChI is InChI=1S/C9H22NO3P/c1-10-2-3-11-4-5-12-6-7-13-8-9-14/h10H,2-9,14H2,1H3. The first-order valence-corrected chi connectivity index (χ1v) is 5.81. The van der Waals surface area contributed by atoms with Crippen LogP contribution in [0.15, 0.2) is 0 Å². The third-order valence-corrected chi connectivity index (χ3v) is 1.74. The quantitative estimate of drug-likeness (QED) is 0.399. The molecule has 4 nitrogen and oxygen atoms in total. The molecule has 0 spiro atoms. The van der Waals surface area contributed by atoms with Gasteiger partial charge in [0.05, 0.1) is 39.6 Å². The molecule has 0 aliphatic carbocycles. The third kappa shape index (κ3) is 12.3. The predicted octanol–water partition coefficient (Wildman–Crippen LogP) is 0.131. The van der Waals surface area contributed by atoms with Crippen LogP contribution in [0.1, 0.15) is 0 Å². The van der Waals surface area contributed by atoms with E-state index in [4.69, 9.17) is 14.2 Å². The molecule has 0 aromatic carbocycles. The summed E-state index contributed by atoms with van der Waals surface area (Å²) in [6.45, 7) is 5.04. The van der Waals surface area contributed by atoms with Crippen LogP contribution in [0.5, 0.6) is 0 Å². The van der Waals surface area contributed by atoms with Crippen molar-refractivity contribution in [1.82, 2.24) is 5.32 Å². The summed E-state index contributed by atoms with van der Waals surface area (Å²) in [5.41, 5.74) is 0. The van der Waals surface area contributed by atoms with Crippen molar-refractivity contribution >= 4 is 9.24 Å². The topological polar surface area (TPSA) is 39.7 Å². The lowest BCUT2D eigenvalue weighted by molar-refractivity contribution is 0.0182. The summed E-state index contributed by atoms with van der Waals surface area (Å²) in [4.78, 5) is 0. The van der Waals surface area contributed by atoms with Crippen molar-refractivity contribution in [2.45, 2.75) is 0 Å². The van der Waals surface area contributed by atoms with Crippen LogP contribution < -0.4 is 5.32 Å². The van der Waals surface area contributed by atoms with Crippen LogP contribution in [-0.4, -0.2) is 59.4 Å². The van der Waals surface area contributed by atoms with Crippen molar-refractivity contribution in [3.8, 4) is 0 Å². The molecule has 0 bridgehead atoms. The number of rotatable bonds is 11. The Balaban J connectivity index is 2.78. The molecule has 0 heterocycles. The van der Waals surface area contributed by atoms with Gasteiger partial charge >= 0.3 is 0 Å². The minimum atomic E-state index is 0.647. The zero-order valence-electron chi connectivity index (χ0n) is 8.96. The van der Waals surface area contributed by atoms with E-state index in [9.17, 15) is 0 Å². The second kappa shape index (κ2) is 13.3. The second-order valence-electron chi connectivity index (χ2n) is 2.73. The molecule has 0 aromatic heterocycles. The Morgan fingerprint density at radius 1 is 0.857 bits per heavy atom. The van der Waals surface area contributed by atoms with E-state index < -0.39 is 0 Å². The minimum Gasteiger partial charge on any atom is -0.379 e. The maximum absolute atomic E-state index is 5.28. The highest BCUT2D eigenvalue weighted by molar-refractivity contribution is 7.16. The fourth-order valence-corrected chi connectivity index (χ4v) is 0.966. The third-order valence-electron chi connectivity index (χ3n) is 1.50. The van der Waals surface area contributed by atoms with Crippen molar-refractivity contribution in [3.05, 3.63) is 0 Å². The van der Waals surface area contributed by atoms with E-state index in [0.717, 1.165) is 25.9 Å². The van der Waals surface area contributed by atoms with Gasteiger partial charge in [-0.25, -0.2) is 0 Å². The zero-order chi connectivity index (χ0) is 10.5. The largest absolute Gasteiger partial charge is 0.379 e. The second-order valence-corrected chi connectivity index (χ2v) is 3.31. The highest BCUT2D eigenvalue weighted by atomic mass is 31.0. The summed E-state index contributed by atoms with van der Waals surface area (Å²) in [5, 5.41) is 3.01. The first-order valence-electron chi connectivity index (χ1n) is 4.99. The minimum absolute atomic E-state index is 0.647. The average Bonchev–Trinajstić information content (AvgIpc) is 2.21. The van der Waals surface area contributed by atoms with Gasteiger partial charge in [-0.1, -0.05) is 0 Å². The van der Waals surface area contributed by atoms with Gasteiger partial charge in [0.1, 0.15) is 0 Å². The van der Waals surface area contributed by atoms with E-state index in [2.05, 4.69) is 14.6 Å². The fourth-order valence-electron chi connectivity index (χ4n) is 0.799. The summed E-state index contributed by atoms with van der Waals surface area (Å²) in [6.07, 6.45) is 0.979. The lowest BCUT2D eigenvalue weighted by Gasteiger charge is -2.05. The monoisotopic (exact) mass is 223 g/mol. The Bertz CT molecular complexity index is 94.1. The molecule has 0 rings (SSSR count). The molecule has 0 aliphatic heterocycles. The summed E-state index contributed by atoms with van der Waals surface area (Å²) in [6, 6.07) is 0. The Kier molecular flexibility index (Phi) is 13.5. The molecule has 0 saturated carbocycles. The van der Waals surface area contributed by atoms with Crippen LogP contribution in [0.25, 0.3) is 0 Å². The molecule has 0 fully saturated rings. The maximum Gasteiger partial charge on any atom is 0.0701 e. The molecule has 0 aromatic rings. The van der Waals surface area contributed by atoms with Gasteiger partial charge in [0.2, 0.25) is 0 Å². The van der Waals surface area contributed by atoms with Gasteiger partial charge in [0.15, 0.2) is 0 Å². The molecule has 0 radical (unpaired) electrons. The Hall–Kier alpha value is 0.270. The van der Waals surface area contributed by atoms with Crippen molar-refractivity contribution in [3.63, 3.8) is 0 Å². The van der Waals surface area contributed by atoms with Gasteiger partial charge in [-0.3, -0.25) is 0 Å². The average molecular weight is 223 g/mol. The van der Waals surface area contributed by atoms with E-state index in [1.165, 1.54) is 0 Å². The first kappa shape index (κ1) is 14.3. The van der Waals surface area contributed by atoms with Crippen LogP contribution in [0.2, 0.25) is 0 Å². The zero-order valence-corrected chi connectivity index (χ0v) is 10.1. The number of hydrogen-bond acceptors (Lipinski definition) is 4. The highest BCUT2D eigenvalue weighted by Gasteiger charge is 1.90. The molecule has 86 valence electrons. The van der Waals surface area contributed by atoms with Gasteiger partial charge in [0, 0.05) is 6.54 Å². The van der Waals surface area contributed by atoms with E-state index in [1.54, 1.807) is 0 Å². The molecule has 0 amide bonds. The van der Waals surface area contributed by atoms with Crippen molar-refractivity contribution in [1.29, 1.82) is 0 Å². The van der Waals surface area contributed by atoms with Crippen LogP contribution in [0.3, 0.4) is 0 Å². The lowest BCUT2D eigenvalue weighted by Crippen LogP contribution is -2.16. The number of nitrogens with one attached hydrogen (secondary N) is 1. The van der Waals surface area contributed by atoms with Crippen LogP contribution in [0.4, 0.5) is 0 Å². The summed E-state index contributed by atoms with van der Waals surface area (Å²) < 4.78 is 15.8. The molecule has 14 heavy (non-hydrogen) atoms. The smallest absolute Gasteiger partial charge is 0.0701 e. The molecule has 0 aliphatic rings. The molecule has 5 heteroatoms.